The first kappa shape index (κ1) is 12.6. The predicted octanol–water partition coefficient (Wildman–Crippen LogP) is 3.12. The number of piperidine rings is 1. The number of hydrogen-bond acceptors (Lipinski definition) is 3. The molecule has 2 atom stereocenters. The summed E-state index contributed by atoms with van der Waals surface area (Å²) < 4.78 is 7.33. The predicted molar refractivity (Wildman–Crippen MR) is 71.2 cm³/mol. The maximum absolute atomic E-state index is 5.94. The van der Waals surface area contributed by atoms with E-state index in [2.05, 4.69) is 43.7 Å². The molecule has 1 aliphatic heterocycles. The van der Waals surface area contributed by atoms with Gasteiger partial charge in [0.25, 0.3) is 0 Å². The van der Waals surface area contributed by atoms with Gasteiger partial charge in [-0.15, -0.1) is 0 Å². The van der Waals surface area contributed by atoms with Crippen LogP contribution in [0, 0.1) is 0 Å². The molecule has 2 rings (SSSR count). The second-order valence-electron chi connectivity index (χ2n) is 4.44. The van der Waals surface area contributed by atoms with Crippen LogP contribution >= 0.6 is 31.9 Å². The van der Waals surface area contributed by atoms with Crippen LogP contribution in [0.4, 0.5) is 0 Å². The molecule has 1 aliphatic rings. The van der Waals surface area contributed by atoms with Crippen molar-refractivity contribution in [3.8, 4) is 0 Å². The fourth-order valence-electron chi connectivity index (χ4n) is 2.16. The van der Waals surface area contributed by atoms with Gasteiger partial charge in [-0.2, -0.15) is 0 Å². The quantitative estimate of drug-likeness (QED) is 0.890. The van der Waals surface area contributed by atoms with Crippen LogP contribution in [-0.4, -0.2) is 23.5 Å². The highest BCUT2D eigenvalue weighted by Gasteiger charge is 2.24. The van der Waals surface area contributed by atoms with Crippen molar-refractivity contribution < 1.29 is 4.42 Å². The molecule has 16 heavy (non-hydrogen) atoms. The lowest BCUT2D eigenvalue weighted by Crippen LogP contribution is -2.44. The maximum Gasteiger partial charge on any atom is 0.183 e. The van der Waals surface area contributed by atoms with Crippen molar-refractivity contribution >= 4 is 31.9 Å². The standard InChI is InChI=1S/C11H16Br2N2O/c1-7-4-8(14)2-3-15(7)6-9-5-10(12)11(13)16-9/h5,7-8H,2-4,6,14H2,1H3. The van der Waals surface area contributed by atoms with E-state index in [4.69, 9.17) is 10.2 Å². The van der Waals surface area contributed by atoms with E-state index in [1.54, 1.807) is 0 Å². The van der Waals surface area contributed by atoms with E-state index in [1.807, 2.05) is 6.07 Å². The number of furan rings is 1. The number of hydrogen-bond donors (Lipinski definition) is 1. The van der Waals surface area contributed by atoms with Crippen LogP contribution in [0.25, 0.3) is 0 Å². The van der Waals surface area contributed by atoms with Crippen molar-refractivity contribution in [3.05, 3.63) is 21.0 Å². The van der Waals surface area contributed by atoms with Crippen molar-refractivity contribution in [2.45, 2.75) is 38.4 Å². The zero-order valence-corrected chi connectivity index (χ0v) is 12.4. The Morgan fingerprint density at radius 3 is 2.88 bits per heavy atom. The van der Waals surface area contributed by atoms with Gasteiger partial charge in [0.1, 0.15) is 5.76 Å². The van der Waals surface area contributed by atoms with Gasteiger partial charge in [-0.3, -0.25) is 4.90 Å². The fraction of sp³-hybridized carbons (Fsp3) is 0.636. The number of halogens is 2. The zero-order chi connectivity index (χ0) is 11.7. The Labute approximate surface area is 113 Å². The van der Waals surface area contributed by atoms with Gasteiger partial charge in [0.15, 0.2) is 4.67 Å². The highest BCUT2D eigenvalue weighted by atomic mass is 79.9. The third-order valence-corrected chi connectivity index (χ3v) is 4.82. The molecule has 0 amide bonds. The van der Waals surface area contributed by atoms with Crippen LogP contribution in [-0.2, 0) is 6.54 Å². The summed E-state index contributed by atoms with van der Waals surface area (Å²) in [4.78, 5) is 2.42. The first-order valence-corrected chi connectivity index (χ1v) is 7.08. The summed E-state index contributed by atoms with van der Waals surface area (Å²) in [5, 5.41) is 0. The molecule has 5 heteroatoms. The highest BCUT2D eigenvalue weighted by Crippen LogP contribution is 2.28. The first-order chi connectivity index (χ1) is 7.56. The van der Waals surface area contributed by atoms with Crippen LogP contribution in [0.1, 0.15) is 25.5 Å². The maximum atomic E-state index is 5.94. The molecule has 1 aromatic rings. The molecule has 2 heterocycles. The summed E-state index contributed by atoms with van der Waals surface area (Å²) in [6.07, 6.45) is 2.15. The van der Waals surface area contributed by atoms with E-state index in [9.17, 15) is 0 Å². The number of nitrogens with zero attached hydrogens (tertiary/aromatic N) is 1. The summed E-state index contributed by atoms with van der Waals surface area (Å²) in [5.74, 6) is 0.987. The first-order valence-electron chi connectivity index (χ1n) is 5.49. The number of likely N-dealkylation sites (tertiary alicyclic amines) is 1. The monoisotopic (exact) mass is 350 g/mol. The summed E-state index contributed by atoms with van der Waals surface area (Å²) in [6, 6.07) is 2.92. The van der Waals surface area contributed by atoms with Crippen molar-refractivity contribution in [3.63, 3.8) is 0 Å². The normalized spacial score (nSPS) is 27.2. The molecule has 90 valence electrons. The van der Waals surface area contributed by atoms with Gasteiger partial charge in [0.2, 0.25) is 0 Å². The Hall–Kier alpha value is 0.160. The molecule has 0 aromatic carbocycles. The molecular formula is C11H16Br2N2O. The fourth-order valence-corrected chi connectivity index (χ4v) is 2.82. The smallest absolute Gasteiger partial charge is 0.183 e. The molecule has 0 spiro atoms. The van der Waals surface area contributed by atoms with Crippen molar-refractivity contribution in [1.29, 1.82) is 0 Å². The van der Waals surface area contributed by atoms with Gasteiger partial charge in [0.05, 0.1) is 11.0 Å². The minimum Gasteiger partial charge on any atom is -0.452 e. The van der Waals surface area contributed by atoms with Gasteiger partial charge in [0, 0.05) is 18.6 Å². The van der Waals surface area contributed by atoms with Gasteiger partial charge >= 0.3 is 0 Å². The van der Waals surface area contributed by atoms with Gasteiger partial charge in [-0.25, -0.2) is 0 Å². The average molecular weight is 352 g/mol. The number of nitrogens with two attached hydrogens (primary N) is 1. The van der Waals surface area contributed by atoms with Crippen molar-refractivity contribution in [1.82, 2.24) is 4.90 Å². The van der Waals surface area contributed by atoms with Gasteiger partial charge < -0.3 is 10.2 Å². The molecule has 0 bridgehead atoms. The molecule has 2 N–H and O–H groups in total. The highest BCUT2D eigenvalue weighted by molar-refractivity contribution is 9.13. The Morgan fingerprint density at radius 2 is 2.31 bits per heavy atom. The average Bonchev–Trinajstić information content (AvgIpc) is 2.51. The van der Waals surface area contributed by atoms with Crippen LogP contribution in [0.2, 0.25) is 0 Å². The summed E-state index contributed by atoms with van der Waals surface area (Å²) in [5.41, 5.74) is 5.94. The Bertz CT molecular complexity index is 347. The lowest BCUT2D eigenvalue weighted by Gasteiger charge is -2.35. The van der Waals surface area contributed by atoms with E-state index in [0.29, 0.717) is 12.1 Å². The summed E-state index contributed by atoms with van der Waals surface area (Å²) >= 11 is 6.78. The Morgan fingerprint density at radius 1 is 1.56 bits per heavy atom. The molecule has 0 saturated carbocycles. The molecule has 1 saturated heterocycles. The van der Waals surface area contributed by atoms with Gasteiger partial charge in [-0.1, -0.05) is 0 Å². The van der Waals surface area contributed by atoms with E-state index in [-0.39, 0.29) is 0 Å². The van der Waals surface area contributed by atoms with Crippen LogP contribution < -0.4 is 5.73 Å². The molecule has 0 radical (unpaired) electrons. The number of rotatable bonds is 2. The Kier molecular flexibility index (Phi) is 4.11. The topological polar surface area (TPSA) is 42.4 Å². The van der Waals surface area contributed by atoms with E-state index < -0.39 is 0 Å². The molecule has 3 nitrogen and oxygen atoms in total. The summed E-state index contributed by atoms with van der Waals surface area (Å²) in [7, 11) is 0. The second-order valence-corrected chi connectivity index (χ2v) is 6.01. The molecule has 1 fully saturated rings. The molecular weight excluding hydrogens is 336 g/mol. The van der Waals surface area contributed by atoms with E-state index in [1.165, 1.54) is 0 Å². The molecule has 2 unspecified atom stereocenters. The minimum atomic E-state index is 0.362. The Balaban J connectivity index is 1.99. The van der Waals surface area contributed by atoms with Gasteiger partial charge in [-0.05, 0) is 57.7 Å². The lowest BCUT2D eigenvalue weighted by atomic mass is 9.99. The lowest BCUT2D eigenvalue weighted by molar-refractivity contribution is 0.130. The largest absolute Gasteiger partial charge is 0.452 e. The molecule has 0 aliphatic carbocycles. The van der Waals surface area contributed by atoms with Crippen LogP contribution in [0.3, 0.4) is 0 Å². The van der Waals surface area contributed by atoms with Crippen LogP contribution in [0.15, 0.2) is 19.6 Å². The SMILES string of the molecule is CC1CC(N)CCN1Cc1cc(Br)c(Br)o1. The molecule has 1 aromatic heterocycles. The summed E-state index contributed by atoms with van der Waals surface area (Å²) in [6.45, 7) is 4.14. The van der Waals surface area contributed by atoms with Crippen LogP contribution in [0.5, 0.6) is 0 Å². The third kappa shape index (κ3) is 2.88. The van der Waals surface area contributed by atoms with E-state index >= 15 is 0 Å². The third-order valence-electron chi connectivity index (χ3n) is 3.11. The minimum absolute atomic E-state index is 0.362. The zero-order valence-electron chi connectivity index (χ0n) is 9.25. The van der Waals surface area contributed by atoms with Crippen molar-refractivity contribution in [2.24, 2.45) is 5.73 Å². The van der Waals surface area contributed by atoms with E-state index in [0.717, 1.165) is 40.8 Å². The second kappa shape index (κ2) is 5.21. The van der Waals surface area contributed by atoms with Crippen molar-refractivity contribution in [2.75, 3.05) is 6.54 Å².